The molecule has 1 aromatic rings. The van der Waals surface area contributed by atoms with E-state index >= 15 is 0 Å². The first-order valence-electron chi connectivity index (χ1n) is 7.29. The molecule has 1 amide bonds. The average molecular weight is 297 g/mol. The molecule has 0 fully saturated rings. The molecule has 20 heavy (non-hydrogen) atoms. The third-order valence-corrected chi connectivity index (χ3v) is 3.84. The van der Waals surface area contributed by atoms with Crippen LogP contribution in [0.1, 0.15) is 47.0 Å². The van der Waals surface area contributed by atoms with Gasteiger partial charge in [0.2, 0.25) is 5.91 Å². The van der Waals surface area contributed by atoms with Crippen molar-refractivity contribution >= 4 is 28.9 Å². The summed E-state index contributed by atoms with van der Waals surface area (Å²) < 4.78 is 0. The van der Waals surface area contributed by atoms with E-state index in [4.69, 9.17) is 11.6 Å². The maximum absolute atomic E-state index is 11.0. The van der Waals surface area contributed by atoms with E-state index in [1.165, 1.54) is 13.3 Å². The van der Waals surface area contributed by atoms with Crippen LogP contribution in [-0.4, -0.2) is 11.9 Å². The van der Waals surface area contributed by atoms with Crippen molar-refractivity contribution in [1.82, 2.24) is 0 Å². The minimum absolute atomic E-state index is 0.115. The Kier molecular flexibility index (Phi) is 6.86. The molecule has 0 aliphatic carbocycles. The van der Waals surface area contributed by atoms with Gasteiger partial charge in [-0.2, -0.15) is 0 Å². The molecule has 0 aromatic heterocycles. The highest BCUT2D eigenvalue weighted by Crippen LogP contribution is 2.27. The van der Waals surface area contributed by atoms with Crippen molar-refractivity contribution in [1.29, 1.82) is 0 Å². The quantitative estimate of drug-likeness (QED) is 0.749. The summed E-state index contributed by atoms with van der Waals surface area (Å²) in [6.45, 7) is 8.16. The fourth-order valence-electron chi connectivity index (χ4n) is 2.11. The zero-order valence-electron chi connectivity index (χ0n) is 12.8. The molecule has 1 rings (SSSR count). The summed E-state index contributed by atoms with van der Waals surface area (Å²) in [5.74, 6) is 0.595. The summed E-state index contributed by atoms with van der Waals surface area (Å²) in [5.41, 5.74) is 1.65. The second-order valence-electron chi connectivity index (χ2n) is 5.37. The van der Waals surface area contributed by atoms with Crippen molar-refractivity contribution in [2.75, 3.05) is 10.6 Å². The fourth-order valence-corrected chi connectivity index (χ4v) is 2.34. The van der Waals surface area contributed by atoms with Gasteiger partial charge in [-0.3, -0.25) is 4.79 Å². The number of halogens is 1. The zero-order valence-corrected chi connectivity index (χ0v) is 13.6. The number of nitrogens with one attached hydrogen (secondary N) is 2. The van der Waals surface area contributed by atoms with Crippen molar-refractivity contribution in [2.24, 2.45) is 5.92 Å². The number of anilines is 2. The van der Waals surface area contributed by atoms with Gasteiger partial charge in [0.1, 0.15) is 0 Å². The van der Waals surface area contributed by atoms with Crippen molar-refractivity contribution in [3.05, 3.63) is 23.2 Å². The molecule has 0 heterocycles. The van der Waals surface area contributed by atoms with Gasteiger partial charge in [-0.25, -0.2) is 0 Å². The smallest absolute Gasteiger partial charge is 0.221 e. The number of rotatable bonds is 7. The first-order valence-corrected chi connectivity index (χ1v) is 7.67. The largest absolute Gasteiger partial charge is 0.382 e. The van der Waals surface area contributed by atoms with Gasteiger partial charge in [0.25, 0.3) is 0 Å². The van der Waals surface area contributed by atoms with Crippen LogP contribution in [0.5, 0.6) is 0 Å². The van der Waals surface area contributed by atoms with E-state index in [0.29, 0.717) is 22.7 Å². The van der Waals surface area contributed by atoms with Gasteiger partial charge >= 0.3 is 0 Å². The maximum atomic E-state index is 11.0. The zero-order chi connectivity index (χ0) is 15.1. The molecule has 0 bridgehead atoms. The molecule has 0 aliphatic heterocycles. The van der Waals surface area contributed by atoms with E-state index in [-0.39, 0.29) is 5.91 Å². The number of carbonyl (C=O) groups excluding carboxylic acids is 1. The summed E-state index contributed by atoms with van der Waals surface area (Å²) in [4.78, 5) is 11.0. The monoisotopic (exact) mass is 296 g/mol. The molecule has 3 nitrogen and oxygen atoms in total. The Hall–Kier alpha value is -1.22. The molecular formula is C16H25ClN2O. The number of hydrogen-bond acceptors (Lipinski definition) is 2. The van der Waals surface area contributed by atoms with E-state index in [2.05, 4.69) is 31.4 Å². The SMILES string of the molecule is CCC(C)CC(CC)Nc1ccc(NC(C)=O)c(Cl)c1. The summed E-state index contributed by atoms with van der Waals surface area (Å²) in [6, 6.07) is 6.11. The van der Waals surface area contributed by atoms with Crippen LogP contribution in [0.15, 0.2) is 18.2 Å². The summed E-state index contributed by atoms with van der Waals surface area (Å²) >= 11 is 6.18. The van der Waals surface area contributed by atoms with E-state index in [0.717, 1.165) is 18.5 Å². The van der Waals surface area contributed by atoms with E-state index in [9.17, 15) is 4.79 Å². The van der Waals surface area contributed by atoms with E-state index in [1.807, 2.05) is 18.2 Å². The van der Waals surface area contributed by atoms with Crippen LogP contribution in [0.25, 0.3) is 0 Å². The average Bonchev–Trinajstić information content (AvgIpc) is 2.40. The summed E-state index contributed by atoms with van der Waals surface area (Å²) in [7, 11) is 0. The highest BCUT2D eigenvalue weighted by atomic mass is 35.5. The number of carbonyl (C=O) groups is 1. The van der Waals surface area contributed by atoms with Gasteiger partial charge in [0.15, 0.2) is 0 Å². The van der Waals surface area contributed by atoms with Crippen molar-refractivity contribution in [3.63, 3.8) is 0 Å². The molecule has 4 heteroatoms. The Balaban J connectivity index is 2.72. The fraction of sp³-hybridized carbons (Fsp3) is 0.562. The lowest BCUT2D eigenvalue weighted by Gasteiger charge is -2.22. The van der Waals surface area contributed by atoms with E-state index in [1.54, 1.807) is 0 Å². The Morgan fingerprint density at radius 3 is 2.50 bits per heavy atom. The molecule has 0 saturated carbocycles. The molecule has 1 aromatic carbocycles. The first kappa shape index (κ1) is 16.8. The highest BCUT2D eigenvalue weighted by molar-refractivity contribution is 6.34. The van der Waals surface area contributed by atoms with Gasteiger partial charge in [-0.15, -0.1) is 0 Å². The maximum Gasteiger partial charge on any atom is 0.221 e. The molecule has 0 aliphatic rings. The van der Waals surface area contributed by atoms with Crippen LogP contribution >= 0.6 is 11.6 Å². The first-order chi connectivity index (χ1) is 9.46. The predicted molar refractivity (Wildman–Crippen MR) is 87.5 cm³/mol. The van der Waals surface area contributed by atoms with Crippen LogP contribution < -0.4 is 10.6 Å². The number of hydrogen-bond donors (Lipinski definition) is 2. The standard InChI is InChI=1S/C16H25ClN2O/c1-5-11(3)9-13(6-2)19-14-7-8-16(15(17)10-14)18-12(4)20/h7-8,10-11,13,19H,5-6,9H2,1-4H3,(H,18,20). The highest BCUT2D eigenvalue weighted by Gasteiger charge is 2.11. The third kappa shape index (κ3) is 5.41. The minimum atomic E-state index is -0.115. The molecule has 0 saturated heterocycles. The van der Waals surface area contributed by atoms with Crippen molar-refractivity contribution in [2.45, 2.75) is 53.0 Å². The number of amides is 1. The lowest BCUT2D eigenvalue weighted by Crippen LogP contribution is -2.21. The molecule has 2 N–H and O–H groups in total. The van der Waals surface area contributed by atoms with Gasteiger partial charge < -0.3 is 10.6 Å². The Labute approximate surface area is 127 Å². The van der Waals surface area contributed by atoms with Crippen LogP contribution in [-0.2, 0) is 4.79 Å². The summed E-state index contributed by atoms with van der Waals surface area (Å²) in [5, 5.41) is 6.79. The topological polar surface area (TPSA) is 41.1 Å². The molecular weight excluding hydrogens is 272 g/mol. The Morgan fingerprint density at radius 1 is 1.30 bits per heavy atom. The lowest BCUT2D eigenvalue weighted by molar-refractivity contribution is -0.114. The normalized spacial score (nSPS) is 13.7. The van der Waals surface area contributed by atoms with Gasteiger partial charge in [-0.05, 0) is 37.0 Å². The van der Waals surface area contributed by atoms with Gasteiger partial charge in [-0.1, -0.05) is 38.8 Å². The second-order valence-corrected chi connectivity index (χ2v) is 5.78. The Bertz CT molecular complexity index is 448. The van der Waals surface area contributed by atoms with Crippen LogP contribution in [0.2, 0.25) is 5.02 Å². The minimum Gasteiger partial charge on any atom is -0.382 e. The van der Waals surface area contributed by atoms with Crippen molar-refractivity contribution in [3.8, 4) is 0 Å². The van der Waals surface area contributed by atoms with Crippen LogP contribution in [0.4, 0.5) is 11.4 Å². The molecule has 2 atom stereocenters. The number of benzene rings is 1. The lowest BCUT2D eigenvalue weighted by atomic mass is 9.97. The van der Waals surface area contributed by atoms with Crippen molar-refractivity contribution < 1.29 is 4.79 Å². The molecule has 2 unspecified atom stereocenters. The summed E-state index contributed by atoms with van der Waals surface area (Å²) in [6.07, 6.45) is 3.42. The van der Waals surface area contributed by atoms with Gasteiger partial charge in [0.05, 0.1) is 10.7 Å². The molecule has 112 valence electrons. The molecule has 0 radical (unpaired) electrons. The molecule has 0 spiro atoms. The van der Waals surface area contributed by atoms with E-state index < -0.39 is 0 Å². The van der Waals surface area contributed by atoms with Crippen LogP contribution in [0.3, 0.4) is 0 Å². The predicted octanol–water partition coefficient (Wildman–Crippen LogP) is 4.93. The third-order valence-electron chi connectivity index (χ3n) is 3.53. The Morgan fingerprint density at radius 2 is 2.00 bits per heavy atom. The second kappa shape index (κ2) is 8.15. The van der Waals surface area contributed by atoms with Crippen LogP contribution in [0, 0.1) is 5.92 Å². The van der Waals surface area contributed by atoms with Gasteiger partial charge in [0, 0.05) is 18.7 Å².